The van der Waals surface area contributed by atoms with Gasteiger partial charge >= 0.3 is 6.18 Å². The molecule has 0 spiro atoms. The number of hydrogen-bond acceptors (Lipinski definition) is 7. The monoisotopic (exact) mass is 886 g/mol. The third-order valence-electron chi connectivity index (χ3n) is 10.7. The summed E-state index contributed by atoms with van der Waals surface area (Å²) in [6.07, 6.45) is -4.85. The summed E-state index contributed by atoms with van der Waals surface area (Å²) in [6, 6.07) is 39.1. The van der Waals surface area contributed by atoms with Crippen LogP contribution in [0.25, 0.3) is 11.1 Å². The molecule has 2 aliphatic heterocycles. The highest BCUT2D eigenvalue weighted by molar-refractivity contribution is 6.31. The molecule has 2 heterocycles. The Kier molecular flexibility index (Phi) is 13.6. The van der Waals surface area contributed by atoms with Crippen LogP contribution >= 0.6 is 11.6 Å². The molecule has 2 atom stereocenters. The van der Waals surface area contributed by atoms with Gasteiger partial charge in [-0.15, -0.1) is 0 Å². The maximum Gasteiger partial charge on any atom is 0.417 e. The van der Waals surface area contributed by atoms with Crippen molar-refractivity contribution in [3.05, 3.63) is 183 Å². The molecule has 0 radical (unpaired) electrons. The summed E-state index contributed by atoms with van der Waals surface area (Å²) in [5, 5.41) is 21.5. The van der Waals surface area contributed by atoms with Crippen LogP contribution in [0.3, 0.4) is 0 Å². The molecular weight excluding hydrogens is 849 g/mol. The number of amides is 3. The number of carbonyl (C=O) groups excluding carboxylic acids is 3. The lowest BCUT2D eigenvalue weighted by molar-refractivity contribution is -0.137. The number of anilines is 1. The van der Waals surface area contributed by atoms with Gasteiger partial charge in [0.15, 0.2) is 0 Å². The van der Waals surface area contributed by atoms with Gasteiger partial charge < -0.3 is 30.1 Å². The molecule has 64 heavy (non-hydrogen) atoms. The number of alkyl halides is 3. The second-order valence-corrected chi connectivity index (χ2v) is 15.2. The van der Waals surface area contributed by atoms with Gasteiger partial charge in [-0.05, 0) is 100 Å². The largest absolute Gasteiger partial charge is 0.489 e. The minimum atomic E-state index is -4.60. The Labute approximate surface area is 370 Å². The van der Waals surface area contributed by atoms with E-state index in [2.05, 4.69) is 16.7 Å². The first-order valence-corrected chi connectivity index (χ1v) is 20.3. The molecule has 0 bridgehead atoms. The van der Waals surface area contributed by atoms with Crippen molar-refractivity contribution >= 4 is 41.5 Å². The van der Waals surface area contributed by atoms with Gasteiger partial charge in [0.2, 0.25) is 12.0 Å². The Morgan fingerprint density at radius 3 is 2.22 bits per heavy atom. The van der Waals surface area contributed by atoms with Crippen molar-refractivity contribution in [2.24, 2.45) is 0 Å². The first-order chi connectivity index (χ1) is 30.8. The molecule has 15 heteroatoms. The molecule has 11 nitrogen and oxygen atoms in total. The number of fused-ring (bicyclic) bond motifs is 2. The van der Waals surface area contributed by atoms with Gasteiger partial charge in [-0.3, -0.25) is 19.2 Å². The number of nitrogens with one attached hydrogen (secondary N) is 2. The zero-order chi connectivity index (χ0) is 45.4. The number of nitrogens with zero attached hydrogens (tertiary/aromatic N) is 2. The molecule has 0 aliphatic carbocycles. The van der Waals surface area contributed by atoms with Gasteiger partial charge in [-0.2, -0.15) is 18.4 Å². The summed E-state index contributed by atoms with van der Waals surface area (Å²) < 4.78 is 51.9. The number of halogens is 4. The number of carboxylic acid groups (broad SMARTS) is 1. The summed E-state index contributed by atoms with van der Waals surface area (Å²) in [7, 11) is 0. The van der Waals surface area contributed by atoms with Crippen LogP contribution in [0, 0.1) is 11.3 Å². The van der Waals surface area contributed by atoms with Gasteiger partial charge in [-0.25, -0.2) is 0 Å². The minimum Gasteiger partial charge on any atom is -0.489 e. The Morgan fingerprint density at radius 1 is 0.906 bits per heavy atom. The molecule has 324 valence electrons. The number of rotatable bonds is 10. The molecule has 6 aromatic carbocycles. The molecule has 6 aromatic rings. The zero-order valence-electron chi connectivity index (χ0n) is 33.8. The predicted molar refractivity (Wildman–Crippen MR) is 231 cm³/mol. The molecule has 2 unspecified atom stereocenters. The number of benzene rings is 6. The van der Waals surface area contributed by atoms with Gasteiger partial charge in [0.25, 0.3) is 18.3 Å². The third-order valence-corrected chi connectivity index (χ3v) is 11.0. The Bertz CT molecular complexity index is 2710. The van der Waals surface area contributed by atoms with Crippen LogP contribution < -0.4 is 20.1 Å². The maximum atomic E-state index is 14.0. The van der Waals surface area contributed by atoms with Crippen molar-refractivity contribution < 1.29 is 46.9 Å². The van der Waals surface area contributed by atoms with Crippen molar-refractivity contribution in [1.29, 1.82) is 5.26 Å². The van der Waals surface area contributed by atoms with Crippen LogP contribution in [0.15, 0.2) is 133 Å². The van der Waals surface area contributed by atoms with Crippen LogP contribution in [-0.2, 0) is 46.6 Å². The van der Waals surface area contributed by atoms with Crippen molar-refractivity contribution in [1.82, 2.24) is 10.2 Å². The smallest absolute Gasteiger partial charge is 0.417 e. The average Bonchev–Trinajstić information content (AvgIpc) is 3.30. The van der Waals surface area contributed by atoms with E-state index < -0.39 is 34.8 Å². The fraction of sp³-hybridized carbons (Fsp3) is 0.163. The normalized spacial score (nSPS) is 15.1. The second kappa shape index (κ2) is 19.6. The van der Waals surface area contributed by atoms with Crippen molar-refractivity contribution in [2.75, 3.05) is 11.9 Å². The molecule has 3 amide bonds. The van der Waals surface area contributed by atoms with E-state index in [0.717, 1.165) is 33.9 Å². The quantitative estimate of drug-likeness (QED) is 0.115. The van der Waals surface area contributed by atoms with E-state index in [4.69, 9.17) is 36.2 Å². The lowest BCUT2D eigenvalue weighted by Crippen LogP contribution is -2.52. The summed E-state index contributed by atoms with van der Waals surface area (Å²) in [5.74, 6) is -0.248. The molecule has 2 aliphatic rings. The van der Waals surface area contributed by atoms with E-state index in [9.17, 15) is 27.6 Å². The van der Waals surface area contributed by atoms with Gasteiger partial charge in [0, 0.05) is 30.6 Å². The van der Waals surface area contributed by atoms with E-state index >= 15 is 0 Å². The lowest BCUT2D eigenvalue weighted by atomic mass is 9.91. The van der Waals surface area contributed by atoms with Gasteiger partial charge in [-0.1, -0.05) is 84.4 Å². The van der Waals surface area contributed by atoms with Crippen LogP contribution in [0.1, 0.15) is 55.4 Å². The van der Waals surface area contributed by atoms with E-state index in [0.29, 0.717) is 46.8 Å². The van der Waals surface area contributed by atoms with E-state index in [1.165, 1.54) is 12.1 Å². The molecular formula is C49H38ClF3N4O7. The summed E-state index contributed by atoms with van der Waals surface area (Å²) >= 11 is 5.74. The number of ether oxygens (including phenoxy) is 2. The van der Waals surface area contributed by atoms with E-state index in [1.54, 1.807) is 77.7 Å². The van der Waals surface area contributed by atoms with Crippen LogP contribution in [0.5, 0.6) is 11.5 Å². The summed E-state index contributed by atoms with van der Waals surface area (Å²) in [4.78, 5) is 51.2. The highest BCUT2D eigenvalue weighted by Crippen LogP contribution is 2.40. The van der Waals surface area contributed by atoms with Crippen molar-refractivity contribution in [3.8, 4) is 28.7 Å². The predicted octanol–water partition coefficient (Wildman–Crippen LogP) is 9.18. The Hall–Kier alpha value is -7.63. The fourth-order valence-corrected chi connectivity index (χ4v) is 7.66. The van der Waals surface area contributed by atoms with Gasteiger partial charge in [0.05, 0.1) is 27.9 Å². The Morgan fingerprint density at radius 2 is 1.56 bits per heavy atom. The van der Waals surface area contributed by atoms with Crippen LogP contribution in [0.2, 0.25) is 5.02 Å². The summed E-state index contributed by atoms with van der Waals surface area (Å²) in [5.41, 5.74) is 5.92. The SMILES string of the molecule is N#Cc1ccc(-c2ccc(CCNC(=O)C3Cc4cc5c(cc4CN3C(=O)c3ccccc3)OC(c3ccc(OCc4ccc(Cl)c(C(F)(F)F)c4)cc3)C(=O)N5)cc2)cc1.O=CO. The molecule has 0 fully saturated rings. The van der Waals surface area contributed by atoms with Crippen molar-refractivity contribution in [3.63, 3.8) is 0 Å². The minimum absolute atomic E-state index is 0.122. The fourth-order valence-electron chi connectivity index (χ4n) is 7.44. The number of hydrogen-bond donors (Lipinski definition) is 3. The lowest BCUT2D eigenvalue weighted by Gasteiger charge is -2.37. The first kappa shape index (κ1) is 44.4. The first-order valence-electron chi connectivity index (χ1n) is 19.9. The topological polar surface area (TPSA) is 158 Å². The second-order valence-electron chi connectivity index (χ2n) is 14.8. The summed E-state index contributed by atoms with van der Waals surface area (Å²) in [6.45, 7) is 0.0823. The molecule has 8 rings (SSSR count). The average molecular weight is 887 g/mol. The molecule has 0 saturated carbocycles. The number of nitriles is 1. The standard InChI is InChI=1S/C48H36ClF3N4O5.CH2O2/c49-40-19-10-31(22-39(40)48(50,51)52)28-60-38-17-15-34(16-18-38)44-46(58)55-41-23-36-24-42(56(27-37(36)25-43(41)61-44)47(59)35-4-2-1-3-5-35)45(57)54-21-20-29-6-11-32(12-7-29)33-13-8-30(26-53)9-14-33;2-1-3/h1-19,22-23,25,42,44H,20-21,24,27-28H2,(H,54,57)(H,55,58);1H,(H,2,3). The van der Waals surface area contributed by atoms with E-state index in [-0.39, 0.29) is 43.4 Å². The zero-order valence-corrected chi connectivity index (χ0v) is 34.5. The Balaban J connectivity index is 0.00000199. The molecule has 0 aromatic heterocycles. The van der Waals surface area contributed by atoms with Crippen molar-refractivity contribution in [2.45, 2.75) is 44.3 Å². The van der Waals surface area contributed by atoms with Crippen LogP contribution in [-0.4, -0.2) is 46.8 Å². The highest BCUT2D eigenvalue weighted by Gasteiger charge is 2.38. The number of carbonyl (C=O) groups is 4. The van der Waals surface area contributed by atoms with Crippen LogP contribution in [0.4, 0.5) is 18.9 Å². The van der Waals surface area contributed by atoms with Gasteiger partial charge in [0.1, 0.15) is 24.1 Å². The van der Waals surface area contributed by atoms with E-state index in [1.807, 2.05) is 42.5 Å². The molecule has 3 N–H and O–H groups in total. The third kappa shape index (κ3) is 10.3. The highest BCUT2D eigenvalue weighted by atomic mass is 35.5. The molecule has 0 saturated heterocycles. The maximum absolute atomic E-state index is 14.0.